The van der Waals surface area contributed by atoms with E-state index in [1.807, 2.05) is 37.3 Å². The average molecular weight is 340 g/mol. The fraction of sp³-hybridized carbons (Fsp3) is 0.263. The number of imidazole rings is 1. The van der Waals surface area contributed by atoms with Crippen LogP contribution in [0.15, 0.2) is 36.4 Å². The molecule has 2 N–H and O–H groups in total. The van der Waals surface area contributed by atoms with E-state index in [2.05, 4.69) is 4.98 Å². The van der Waals surface area contributed by atoms with E-state index in [4.69, 9.17) is 4.74 Å². The predicted octanol–water partition coefficient (Wildman–Crippen LogP) is 2.97. The van der Waals surface area contributed by atoms with Crippen LogP contribution in [0.5, 0.6) is 5.75 Å². The number of aryl methyl sites for hydroxylation is 2. The summed E-state index contributed by atoms with van der Waals surface area (Å²) in [5.74, 6) is -0.593. The molecule has 0 saturated carbocycles. The SMILES string of the molecule is CCc1c(CO)cc(OCc2ccccc2)c2nc(C)c(C(=O)O)n12. The molecule has 2 aromatic heterocycles. The van der Waals surface area contributed by atoms with Gasteiger partial charge in [0.05, 0.1) is 12.3 Å². The van der Waals surface area contributed by atoms with Gasteiger partial charge in [-0.15, -0.1) is 0 Å². The summed E-state index contributed by atoms with van der Waals surface area (Å²) in [6.45, 7) is 3.72. The van der Waals surface area contributed by atoms with Crippen molar-refractivity contribution in [3.8, 4) is 5.75 Å². The molecule has 0 radical (unpaired) electrons. The molecule has 6 nitrogen and oxygen atoms in total. The van der Waals surface area contributed by atoms with Crippen LogP contribution in [-0.2, 0) is 19.6 Å². The molecule has 0 saturated heterocycles. The van der Waals surface area contributed by atoms with Gasteiger partial charge >= 0.3 is 5.97 Å². The molecule has 0 fully saturated rings. The van der Waals surface area contributed by atoms with E-state index in [-0.39, 0.29) is 12.3 Å². The second kappa shape index (κ2) is 6.94. The number of rotatable bonds is 6. The number of aromatic carboxylic acids is 1. The molecule has 1 aromatic carbocycles. The van der Waals surface area contributed by atoms with Gasteiger partial charge in [0.2, 0.25) is 0 Å². The lowest BCUT2D eigenvalue weighted by molar-refractivity contribution is 0.0688. The van der Waals surface area contributed by atoms with Gasteiger partial charge in [0, 0.05) is 11.3 Å². The summed E-state index contributed by atoms with van der Waals surface area (Å²) < 4.78 is 7.49. The number of aliphatic hydroxyl groups excluding tert-OH is 1. The van der Waals surface area contributed by atoms with Crippen molar-refractivity contribution in [3.05, 3.63) is 64.6 Å². The molecule has 3 rings (SSSR count). The first kappa shape index (κ1) is 17.0. The number of carbonyl (C=O) groups is 1. The number of aliphatic hydroxyl groups is 1. The summed E-state index contributed by atoms with van der Waals surface area (Å²) in [6.07, 6.45) is 0.571. The monoisotopic (exact) mass is 340 g/mol. The Kier molecular flexibility index (Phi) is 4.72. The molecule has 2 heterocycles. The second-order valence-electron chi connectivity index (χ2n) is 5.78. The molecule has 25 heavy (non-hydrogen) atoms. The quantitative estimate of drug-likeness (QED) is 0.721. The molecule has 0 aliphatic rings. The van der Waals surface area contributed by atoms with Crippen molar-refractivity contribution in [1.29, 1.82) is 0 Å². The zero-order chi connectivity index (χ0) is 18.0. The maximum atomic E-state index is 11.7. The standard InChI is InChI=1S/C19H20N2O4/c1-3-15-14(10-22)9-16(25-11-13-7-5-4-6-8-13)18-20-12(2)17(19(23)24)21(15)18/h4-9,22H,3,10-11H2,1-2H3,(H,23,24). The van der Waals surface area contributed by atoms with Crippen molar-refractivity contribution in [1.82, 2.24) is 9.38 Å². The van der Waals surface area contributed by atoms with Crippen LogP contribution < -0.4 is 4.74 Å². The highest BCUT2D eigenvalue weighted by atomic mass is 16.5. The normalized spacial score (nSPS) is 11.0. The summed E-state index contributed by atoms with van der Waals surface area (Å²) in [5.41, 5.74) is 3.33. The number of aromatic nitrogens is 2. The van der Waals surface area contributed by atoms with Gasteiger partial charge in [-0.05, 0) is 25.0 Å². The number of carboxylic acids is 1. The van der Waals surface area contributed by atoms with Crippen LogP contribution in [-0.4, -0.2) is 25.6 Å². The van der Waals surface area contributed by atoms with Crippen molar-refractivity contribution >= 4 is 11.6 Å². The molecule has 0 atom stereocenters. The minimum atomic E-state index is -1.05. The first-order chi connectivity index (χ1) is 12.1. The molecule has 3 aromatic rings. The van der Waals surface area contributed by atoms with E-state index in [9.17, 15) is 15.0 Å². The van der Waals surface area contributed by atoms with Gasteiger partial charge in [0.25, 0.3) is 0 Å². The number of hydrogen-bond donors (Lipinski definition) is 2. The molecular formula is C19H20N2O4. The zero-order valence-corrected chi connectivity index (χ0v) is 14.2. The highest BCUT2D eigenvalue weighted by Crippen LogP contribution is 2.28. The Morgan fingerprint density at radius 1 is 1.28 bits per heavy atom. The summed E-state index contributed by atoms with van der Waals surface area (Å²) in [5, 5.41) is 19.3. The predicted molar refractivity (Wildman–Crippen MR) is 93.0 cm³/mol. The number of hydrogen-bond acceptors (Lipinski definition) is 4. The topological polar surface area (TPSA) is 84.1 Å². The summed E-state index contributed by atoms with van der Waals surface area (Å²) in [6, 6.07) is 11.4. The number of benzene rings is 1. The molecule has 0 bridgehead atoms. The van der Waals surface area contributed by atoms with E-state index < -0.39 is 5.97 Å². The van der Waals surface area contributed by atoms with Crippen molar-refractivity contribution in [3.63, 3.8) is 0 Å². The third-order valence-electron chi connectivity index (χ3n) is 4.16. The second-order valence-corrected chi connectivity index (χ2v) is 5.78. The van der Waals surface area contributed by atoms with Crippen LogP contribution in [0.25, 0.3) is 5.65 Å². The highest BCUT2D eigenvalue weighted by molar-refractivity contribution is 5.89. The Bertz CT molecular complexity index is 916. The molecule has 0 aliphatic carbocycles. The fourth-order valence-corrected chi connectivity index (χ4v) is 3.02. The van der Waals surface area contributed by atoms with Crippen LogP contribution in [0.1, 0.15) is 39.9 Å². The van der Waals surface area contributed by atoms with Crippen molar-refractivity contribution in [2.45, 2.75) is 33.5 Å². The Balaban J connectivity index is 2.15. The minimum Gasteiger partial charge on any atom is -0.485 e. The Morgan fingerprint density at radius 3 is 2.60 bits per heavy atom. The van der Waals surface area contributed by atoms with E-state index >= 15 is 0 Å². The summed E-state index contributed by atoms with van der Waals surface area (Å²) >= 11 is 0. The van der Waals surface area contributed by atoms with Crippen LogP contribution in [0.4, 0.5) is 0 Å². The van der Waals surface area contributed by atoms with Gasteiger partial charge in [-0.1, -0.05) is 37.3 Å². The number of fused-ring (bicyclic) bond motifs is 1. The third kappa shape index (κ3) is 3.08. The van der Waals surface area contributed by atoms with Crippen LogP contribution in [0, 0.1) is 6.92 Å². The van der Waals surface area contributed by atoms with Crippen LogP contribution in [0.3, 0.4) is 0 Å². The van der Waals surface area contributed by atoms with Gasteiger partial charge in [0.1, 0.15) is 6.61 Å². The minimum absolute atomic E-state index is 0.103. The molecule has 0 spiro atoms. The van der Waals surface area contributed by atoms with E-state index in [0.29, 0.717) is 35.7 Å². The Labute approximate surface area is 145 Å². The summed E-state index contributed by atoms with van der Waals surface area (Å²) in [4.78, 5) is 16.1. The van der Waals surface area contributed by atoms with Crippen molar-refractivity contribution < 1.29 is 19.7 Å². The van der Waals surface area contributed by atoms with Crippen LogP contribution in [0.2, 0.25) is 0 Å². The van der Waals surface area contributed by atoms with E-state index in [1.165, 1.54) is 0 Å². The Hall–Kier alpha value is -2.86. The average Bonchev–Trinajstić information content (AvgIpc) is 2.97. The number of carboxylic acid groups (broad SMARTS) is 1. The largest absolute Gasteiger partial charge is 0.485 e. The summed E-state index contributed by atoms with van der Waals surface area (Å²) in [7, 11) is 0. The lowest BCUT2D eigenvalue weighted by atomic mass is 10.1. The van der Waals surface area contributed by atoms with Crippen LogP contribution >= 0.6 is 0 Å². The van der Waals surface area contributed by atoms with Crippen molar-refractivity contribution in [2.24, 2.45) is 0 Å². The lowest BCUT2D eigenvalue weighted by Gasteiger charge is -2.15. The highest BCUT2D eigenvalue weighted by Gasteiger charge is 2.22. The number of ether oxygens (including phenoxy) is 1. The molecular weight excluding hydrogens is 320 g/mol. The smallest absolute Gasteiger partial charge is 0.354 e. The lowest BCUT2D eigenvalue weighted by Crippen LogP contribution is -2.11. The molecule has 0 aliphatic heterocycles. The molecule has 130 valence electrons. The first-order valence-electron chi connectivity index (χ1n) is 8.11. The van der Waals surface area contributed by atoms with Gasteiger partial charge in [-0.2, -0.15) is 0 Å². The number of nitrogens with zero attached hydrogens (tertiary/aromatic N) is 2. The fourth-order valence-electron chi connectivity index (χ4n) is 3.02. The zero-order valence-electron chi connectivity index (χ0n) is 14.2. The maximum absolute atomic E-state index is 11.7. The maximum Gasteiger partial charge on any atom is 0.354 e. The van der Waals surface area contributed by atoms with Gasteiger partial charge in [0.15, 0.2) is 17.1 Å². The molecule has 0 amide bonds. The van der Waals surface area contributed by atoms with Gasteiger partial charge in [-0.3, -0.25) is 4.40 Å². The van der Waals surface area contributed by atoms with E-state index in [0.717, 1.165) is 11.3 Å². The van der Waals surface area contributed by atoms with Crippen molar-refractivity contribution in [2.75, 3.05) is 0 Å². The third-order valence-corrected chi connectivity index (χ3v) is 4.16. The number of pyridine rings is 1. The van der Waals surface area contributed by atoms with Gasteiger partial charge in [-0.25, -0.2) is 9.78 Å². The molecule has 0 unspecified atom stereocenters. The first-order valence-corrected chi connectivity index (χ1v) is 8.11. The van der Waals surface area contributed by atoms with Gasteiger partial charge < -0.3 is 14.9 Å². The van der Waals surface area contributed by atoms with E-state index in [1.54, 1.807) is 17.4 Å². The Morgan fingerprint density at radius 2 is 2.00 bits per heavy atom. The molecule has 6 heteroatoms.